The number of rotatable bonds is 6. The molecule has 1 aromatic carbocycles. The number of carboxylic acids is 1. The van der Waals surface area contributed by atoms with Crippen molar-refractivity contribution >= 4 is 11.9 Å². The van der Waals surface area contributed by atoms with Gasteiger partial charge in [-0.2, -0.15) is 13.2 Å². The van der Waals surface area contributed by atoms with Gasteiger partial charge in [0.1, 0.15) is 12.4 Å². The van der Waals surface area contributed by atoms with Crippen molar-refractivity contribution < 1.29 is 41.7 Å². The molecule has 0 atom stereocenters. The second-order valence-corrected chi connectivity index (χ2v) is 5.95. The minimum absolute atomic E-state index is 0.0978. The summed E-state index contributed by atoms with van der Waals surface area (Å²) in [5.74, 6) is -2.30. The Balaban J connectivity index is 0.000000516. The summed E-state index contributed by atoms with van der Waals surface area (Å²) in [6, 6.07) is 6.91. The lowest BCUT2D eigenvalue weighted by molar-refractivity contribution is -0.192. The van der Waals surface area contributed by atoms with Crippen LogP contribution in [0.3, 0.4) is 0 Å². The van der Waals surface area contributed by atoms with Gasteiger partial charge >= 0.3 is 12.1 Å². The molecule has 0 saturated carbocycles. The van der Waals surface area contributed by atoms with Crippen molar-refractivity contribution in [2.24, 2.45) is 5.73 Å². The normalized spacial score (nSPS) is 15.1. The monoisotopic (exact) mass is 422 g/mol. The first-order valence-electron chi connectivity index (χ1n) is 8.57. The molecule has 0 aliphatic carbocycles. The number of nitrogens with two attached hydrogens (primary N) is 1. The molecule has 1 heterocycles. The van der Waals surface area contributed by atoms with Crippen molar-refractivity contribution in [3.8, 4) is 5.75 Å². The number of hydrogen-bond acceptors (Lipinski definition) is 5. The lowest BCUT2D eigenvalue weighted by atomic mass is 10.1. The van der Waals surface area contributed by atoms with Gasteiger partial charge in [-0.1, -0.05) is 0 Å². The van der Waals surface area contributed by atoms with Crippen molar-refractivity contribution in [2.45, 2.75) is 25.1 Å². The molecule has 0 unspecified atom stereocenters. The van der Waals surface area contributed by atoms with E-state index in [9.17, 15) is 22.4 Å². The van der Waals surface area contributed by atoms with Gasteiger partial charge in [-0.25, -0.2) is 9.18 Å². The zero-order valence-corrected chi connectivity index (χ0v) is 15.4. The minimum Gasteiger partial charge on any atom is -0.489 e. The fourth-order valence-electron chi connectivity index (χ4n) is 2.12. The smallest absolute Gasteiger partial charge is 0.489 e. The predicted molar refractivity (Wildman–Crippen MR) is 95.2 cm³/mol. The predicted octanol–water partition coefficient (Wildman–Crippen LogP) is 2.42. The molecule has 1 aromatic rings. The minimum atomic E-state index is -5.08. The molecule has 29 heavy (non-hydrogen) atoms. The summed E-state index contributed by atoms with van der Waals surface area (Å²) >= 11 is 0. The number of ether oxygens (including phenoxy) is 2. The van der Waals surface area contributed by atoms with E-state index < -0.39 is 12.1 Å². The Morgan fingerprint density at radius 2 is 1.79 bits per heavy atom. The van der Waals surface area contributed by atoms with Gasteiger partial charge < -0.3 is 25.6 Å². The number of hydrogen-bond donors (Lipinski definition) is 3. The molecule has 1 aliphatic rings. The van der Waals surface area contributed by atoms with Gasteiger partial charge in [0.15, 0.2) is 0 Å². The molecule has 0 aromatic heterocycles. The average Bonchev–Trinajstić information content (AvgIpc) is 2.69. The van der Waals surface area contributed by atoms with Gasteiger partial charge in [0.05, 0.1) is 6.33 Å². The van der Waals surface area contributed by atoms with Crippen molar-refractivity contribution in [2.75, 3.05) is 26.4 Å². The zero-order valence-electron chi connectivity index (χ0n) is 15.4. The molecule has 0 radical (unpaired) electrons. The molecule has 0 spiro atoms. The molecular weight excluding hydrogens is 400 g/mol. The standard InChI is InChI=1S/C16H21FN2O3.C2HF3O2/c17-9-12(10-18)11-22-15-3-1-13(2-4-15)16(20)19-14-5-7-21-8-6-14;3-2(4,5)1(6)7/h1-4,9,14H,5-8,10-11,18H2,(H,19,20);(H,6,7)/b12-9+;. The van der Waals surface area contributed by atoms with Crippen LogP contribution < -0.4 is 15.8 Å². The number of carbonyl (C=O) groups excluding carboxylic acids is 1. The molecule has 2 rings (SSSR count). The van der Waals surface area contributed by atoms with E-state index in [2.05, 4.69) is 5.32 Å². The van der Waals surface area contributed by atoms with Gasteiger partial charge in [-0.3, -0.25) is 4.79 Å². The lowest BCUT2D eigenvalue weighted by Gasteiger charge is -2.23. The molecule has 4 N–H and O–H groups in total. The van der Waals surface area contributed by atoms with E-state index in [4.69, 9.17) is 25.1 Å². The van der Waals surface area contributed by atoms with E-state index in [-0.39, 0.29) is 25.1 Å². The summed E-state index contributed by atoms with van der Waals surface area (Å²) in [6.07, 6.45) is -2.95. The highest BCUT2D eigenvalue weighted by Crippen LogP contribution is 2.15. The Labute approximate surface area is 164 Å². The van der Waals surface area contributed by atoms with E-state index in [0.717, 1.165) is 12.8 Å². The molecule has 1 aliphatic heterocycles. The summed E-state index contributed by atoms with van der Waals surface area (Å²) in [7, 11) is 0. The molecule has 1 amide bonds. The van der Waals surface area contributed by atoms with E-state index in [1.807, 2.05) is 0 Å². The van der Waals surface area contributed by atoms with Crippen LogP contribution in [0.15, 0.2) is 36.2 Å². The maximum absolute atomic E-state index is 12.4. The molecule has 1 saturated heterocycles. The molecule has 11 heteroatoms. The Kier molecular flexibility index (Phi) is 10.1. The molecule has 1 fully saturated rings. The highest BCUT2D eigenvalue weighted by molar-refractivity contribution is 5.94. The summed E-state index contributed by atoms with van der Waals surface area (Å²) in [4.78, 5) is 21.0. The van der Waals surface area contributed by atoms with Gasteiger partial charge in [0, 0.05) is 36.9 Å². The SMILES string of the molecule is NC/C(=C\F)COc1ccc(C(=O)NC2CCOCC2)cc1.O=C(O)C(F)(F)F. The van der Waals surface area contributed by atoms with Crippen molar-refractivity contribution in [3.05, 3.63) is 41.7 Å². The third-order valence-electron chi connectivity index (χ3n) is 3.76. The zero-order chi connectivity index (χ0) is 21.9. The summed E-state index contributed by atoms with van der Waals surface area (Å²) in [5, 5.41) is 10.1. The third kappa shape index (κ3) is 9.39. The Hall–Kier alpha value is -2.66. The van der Waals surface area contributed by atoms with Gasteiger partial charge in [-0.05, 0) is 37.1 Å². The Morgan fingerprint density at radius 1 is 1.24 bits per heavy atom. The first-order chi connectivity index (χ1) is 13.7. The number of carbonyl (C=O) groups is 2. The van der Waals surface area contributed by atoms with Crippen LogP contribution >= 0.6 is 0 Å². The first-order valence-corrected chi connectivity index (χ1v) is 8.57. The van der Waals surface area contributed by atoms with Crippen LogP contribution in [0.1, 0.15) is 23.2 Å². The molecule has 7 nitrogen and oxygen atoms in total. The van der Waals surface area contributed by atoms with Crippen LogP contribution in [-0.2, 0) is 9.53 Å². The second-order valence-electron chi connectivity index (χ2n) is 5.95. The van der Waals surface area contributed by atoms with E-state index in [1.54, 1.807) is 24.3 Å². The topological polar surface area (TPSA) is 111 Å². The van der Waals surface area contributed by atoms with Crippen LogP contribution in [0, 0.1) is 0 Å². The highest BCUT2D eigenvalue weighted by Gasteiger charge is 2.38. The number of aliphatic carboxylic acids is 1. The van der Waals surface area contributed by atoms with Crippen LogP contribution in [0.4, 0.5) is 17.6 Å². The largest absolute Gasteiger partial charge is 0.490 e. The number of amides is 1. The van der Waals surface area contributed by atoms with E-state index >= 15 is 0 Å². The van der Waals surface area contributed by atoms with Crippen LogP contribution in [0.5, 0.6) is 5.75 Å². The van der Waals surface area contributed by atoms with Crippen molar-refractivity contribution in [3.63, 3.8) is 0 Å². The fraction of sp³-hybridized carbons (Fsp3) is 0.444. The summed E-state index contributed by atoms with van der Waals surface area (Å²) in [6.45, 7) is 1.58. The van der Waals surface area contributed by atoms with Crippen LogP contribution in [0.2, 0.25) is 0 Å². The highest BCUT2D eigenvalue weighted by atomic mass is 19.4. The molecule has 0 bridgehead atoms. The average molecular weight is 422 g/mol. The number of alkyl halides is 3. The van der Waals surface area contributed by atoms with Gasteiger partial charge in [0.2, 0.25) is 0 Å². The Morgan fingerprint density at radius 3 is 2.24 bits per heavy atom. The van der Waals surface area contributed by atoms with E-state index in [0.29, 0.717) is 36.4 Å². The fourth-order valence-corrected chi connectivity index (χ4v) is 2.12. The Bertz CT molecular complexity index is 686. The van der Waals surface area contributed by atoms with Crippen molar-refractivity contribution in [1.82, 2.24) is 5.32 Å². The van der Waals surface area contributed by atoms with Gasteiger partial charge in [-0.15, -0.1) is 0 Å². The first kappa shape index (κ1) is 24.4. The quantitative estimate of drug-likeness (QED) is 0.608. The number of carboxylic acid groups (broad SMARTS) is 1. The van der Waals surface area contributed by atoms with Crippen molar-refractivity contribution in [1.29, 1.82) is 0 Å². The number of benzene rings is 1. The number of nitrogens with one attached hydrogen (secondary N) is 1. The maximum Gasteiger partial charge on any atom is 0.490 e. The maximum atomic E-state index is 12.4. The number of halogens is 4. The third-order valence-corrected chi connectivity index (χ3v) is 3.76. The van der Waals surface area contributed by atoms with Gasteiger partial charge in [0.25, 0.3) is 5.91 Å². The summed E-state index contributed by atoms with van der Waals surface area (Å²) in [5.41, 5.74) is 6.29. The molecule has 162 valence electrons. The van der Waals surface area contributed by atoms with Crippen LogP contribution in [0.25, 0.3) is 0 Å². The second kappa shape index (κ2) is 12.0. The van der Waals surface area contributed by atoms with E-state index in [1.165, 1.54) is 0 Å². The van der Waals surface area contributed by atoms with Crippen LogP contribution in [-0.4, -0.2) is 55.6 Å². The summed E-state index contributed by atoms with van der Waals surface area (Å²) < 4.78 is 54.8. The lowest BCUT2D eigenvalue weighted by Crippen LogP contribution is -2.38. The molecular formula is C18H22F4N2O5.